The van der Waals surface area contributed by atoms with Gasteiger partial charge in [-0.15, -0.1) is 0 Å². The summed E-state index contributed by atoms with van der Waals surface area (Å²) in [7, 11) is 0. The summed E-state index contributed by atoms with van der Waals surface area (Å²) >= 11 is 0. The first-order chi connectivity index (χ1) is 12.0. The molecule has 0 saturated carbocycles. The Kier molecular flexibility index (Phi) is 4.76. The maximum atomic E-state index is 13.1. The van der Waals surface area contributed by atoms with E-state index in [0.717, 1.165) is 0 Å². The first kappa shape index (κ1) is 17.0. The molecular weight excluding hydrogens is 325 g/mol. The Labute approximate surface area is 143 Å². The normalized spacial score (nSPS) is 12.3. The Balaban J connectivity index is 2.01. The van der Waals surface area contributed by atoms with Crippen LogP contribution >= 0.6 is 0 Å². The molecule has 130 valence electrons. The number of amides is 1. The summed E-state index contributed by atoms with van der Waals surface area (Å²) < 4.78 is 18.4. The number of carbonyl (C=O) groups is 1. The van der Waals surface area contributed by atoms with Crippen LogP contribution in [0.3, 0.4) is 0 Å². The van der Waals surface area contributed by atoms with Gasteiger partial charge in [0.15, 0.2) is 0 Å². The van der Waals surface area contributed by atoms with Crippen LogP contribution in [0.1, 0.15) is 29.4 Å². The fourth-order valence-corrected chi connectivity index (χ4v) is 2.53. The summed E-state index contributed by atoms with van der Waals surface area (Å²) in [4.78, 5) is 17.0. The number of benzene rings is 1. The van der Waals surface area contributed by atoms with Gasteiger partial charge in [0.1, 0.15) is 5.82 Å². The van der Waals surface area contributed by atoms with Gasteiger partial charge in [0.2, 0.25) is 0 Å². The van der Waals surface area contributed by atoms with E-state index in [1.807, 2.05) is 0 Å². The maximum Gasteiger partial charge on any atom is 0.259 e. The molecule has 6 nitrogen and oxygen atoms in total. The van der Waals surface area contributed by atoms with Crippen molar-refractivity contribution in [1.29, 1.82) is 0 Å². The number of aliphatic hydroxyl groups excluding tert-OH is 1. The zero-order valence-electron chi connectivity index (χ0n) is 13.9. The zero-order valence-corrected chi connectivity index (χ0v) is 13.9. The van der Waals surface area contributed by atoms with E-state index in [9.17, 15) is 14.3 Å². The van der Waals surface area contributed by atoms with Crippen LogP contribution in [0.25, 0.3) is 22.4 Å². The second-order valence-electron chi connectivity index (χ2n) is 5.90. The fourth-order valence-electron chi connectivity index (χ4n) is 2.53. The van der Waals surface area contributed by atoms with Crippen molar-refractivity contribution in [3.63, 3.8) is 0 Å². The predicted molar refractivity (Wildman–Crippen MR) is 90.6 cm³/mol. The van der Waals surface area contributed by atoms with Gasteiger partial charge in [-0.05, 0) is 50.6 Å². The third-order valence-electron chi connectivity index (χ3n) is 3.85. The van der Waals surface area contributed by atoms with Crippen LogP contribution in [0.4, 0.5) is 4.39 Å². The number of fused-ring (bicyclic) bond motifs is 1. The fraction of sp³-hybridized carbons (Fsp3) is 0.278. The Morgan fingerprint density at radius 2 is 2.08 bits per heavy atom. The van der Waals surface area contributed by atoms with E-state index in [-0.39, 0.29) is 17.4 Å². The molecule has 3 rings (SSSR count). The Bertz CT molecular complexity index is 904. The summed E-state index contributed by atoms with van der Waals surface area (Å²) in [5.74, 6) is -0.654. The SMILES string of the molecule is Cc1noc2nc(-c3ccc(F)cc3)cc(C(=O)NCCC(C)O)c12. The third kappa shape index (κ3) is 3.66. The highest BCUT2D eigenvalue weighted by molar-refractivity contribution is 6.06. The standard InChI is InChI=1S/C18H18FN3O3/c1-10(23)7-8-20-17(24)14-9-15(12-3-5-13(19)6-4-12)21-18-16(14)11(2)22-25-18/h3-6,9-10,23H,7-8H2,1-2H3,(H,20,24). The van der Waals surface area contributed by atoms with Crippen molar-refractivity contribution in [2.45, 2.75) is 26.4 Å². The minimum atomic E-state index is -0.495. The highest BCUT2D eigenvalue weighted by Crippen LogP contribution is 2.27. The van der Waals surface area contributed by atoms with Gasteiger partial charge < -0.3 is 14.9 Å². The minimum absolute atomic E-state index is 0.250. The molecule has 1 aromatic carbocycles. The average Bonchev–Trinajstić information content (AvgIpc) is 2.95. The molecule has 0 radical (unpaired) electrons. The second-order valence-corrected chi connectivity index (χ2v) is 5.90. The molecule has 0 aliphatic heterocycles. The zero-order chi connectivity index (χ0) is 18.0. The molecule has 1 atom stereocenters. The van der Waals surface area contributed by atoms with E-state index >= 15 is 0 Å². The molecule has 2 heterocycles. The van der Waals surface area contributed by atoms with E-state index in [0.29, 0.717) is 40.9 Å². The summed E-state index contributed by atoms with van der Waals surface area (Å²) in [6, 6.07) is 7.46. The van der Waals surface area contributed by atoms with Crippen molar-refractivity contribution < 1.29 is 18.8 Å². The van der Waals surface area contributed by atoms with E-state index in [1.54, 1.807) is 32.0 Å². The highest BCUT2D eigenvalue weighted by atomic mass is 19.1. The van der Waals surface area contributed by atoms with Gasteiger partial charge in [-0.3, -0.25) is 4.79 Å². The van der Waals surface area contributed by atoms with Crippen molar-refractivity contribution in [3.8, 4) is 11.3 Å². The second kappa shape index (κ2) is 6.98. The first-order valence-corrected chi connectivity index (χ1v) is 7.95. The third-order valence-corrected chi connectivity index (χ3v) is 3.85. The smallest absolute Gasteiger partial charge is 0.259 e. The number of carbonyl (C=O) groups excluding carboxylic acids is 1. The number of halogens is 1. The van der Waals surface area contributed by atoms with Crippen molar-refractivity contribution in [3.05, 3.63) is 47.4 Å². The predicted octanol–water partition coefficient (Wildman–Crippen LogP) is 2.84. The Morgan fingerprint density at radius 1 is 1.36 bits per heavy atom. The van der Waals surface area contributed by atoms with Crippen LogP contribution < -0.4 is 5.32 Å². The van der Waals surface area contributed by atoms with E-state index in [4.69, 9.17) is 4.52 Å². The van der Waals surface area contributed by atoms with Gasteiger partial charge in [-0.1, -0.05) is 5.16 Å². The lowest BCUT2D eigenvalue weighted by Crippen LogP contribution is -2.26. The van der Waals surface area contributed by atoms with E-state index in [1.165, 1.54) is 12.1 Å². The van der Waals surface area contributed by atoms with Crippen LogP contribution in [0.2, 0.25) is 0 Å². The van der Waals surface area contributed by atoms with Crippen molar-refractivity contribution in [2.75, 3.05) is 6.54 Å². The molecular formula is C18H18FN3O3. The van der Waals surface area contributed by atoms with Gasteiger partial charge in [0, 0.05) is 12.1 Å². The van der Waals surface area contributed by atoms with Gasteiger partial charge in [-0.25, -0.2) is 9.37 Å². The Morgan fingerprint density at radius 3 is 2.76 bits per heavy atom. The van der Waals surface area contributed by atoms with Gasteiger partial charge >= 0.3 is 0 Å². The first-order valence-electron chi connectivity index (χ1n) is 7.95. The number of hydrogen-bond acceptors (Lipinski definition) is 5. The van der Waals surface area contributed by atoms with E-state index in [2.05, 4.69) is 15.5 Å². The average molecular weight is 343 g/mol. The molecule has 2 aromatic heterocycles. The molecule has 1 unspecified atom stereocenters. The van der Waals surface area contributed by atoms with Crippen LogP contribution in [-0.4, -0.2) is 33.8 Å². The molecule has 0 aliphatic carbocycles. The quantitative estimate of drug-likeness (QED) is 0.744. The molecule has 0 fully saturated rings. The van der Waals surface area contributed by atoms with Gasteiger partial charge in [0.25, 0.3) is 11.6 Å². The number of aromatic nitrogens is 2. The number of hydrogen-bond donors (Lipinski definition) is 2. The molecule has 0 bridgehead atoms. The lowest BCUT2D eigenvalue weighted by Gasteiger charge is -2.09. The maximum absolute atomic E-state index is 13.1. The monoisotopic (exact) mass is 343 g/mol. The number of rotatable bonds is 5. The number of pyridine rings is 1. The van der Waals surface area contributed by atoms with Crippen LogP contribution in [0, 0.1) is 12.7 Å². The summed E-state index contributed by atoms with van der Waals surface area (Å²) in [6.45, 7) is 3.74. The number of nitrogens with one attached hydrogen (secondary N) is 1. The van der Waals surface area contributed by atoms with Crippen LogP contribution in [0.5, 0.6) is 0 Å². The number of aliphatic hydroxyl groups is 1. The van der Waals surface area contributed by atoms with Crippen molar-refractivity contribution >= 4 is 17.0 Å². The summed E-state index contributed by atoms with van der Waals surface area (Å²) in [5, 5.41) is 16.5. The molecule has 7 heteroatoms. The minimum Gasteiger partial charge on any atom is -0.393 e. The Hall–Kier alpha value is -2.80. The lowest BCUT2D eigenvalue weighted by molar-refractivity contribution is 0.0947. The molecule has 0 aliphatic rings. The number of nitrogens with zero attached hydrogens (tertiary/aromatic N) is 2. The summed E-state index contributed by atoms with van der Waals surface area (Å²) in [5.41, 5.74) is 2.35. The van der Waals surface area contributed by atoms with Crippen molar-refractivity contribution in [1.82, 2.24) is 15.5 Å². The molecule has 1 amide bonds. The van der Waals surface area contributed by atoms with E-state index < -0.39 is 6.10 Å². The number of aryl methyl sites for hydroxylation is 1. The van der Waals surface area contributed by atoms with Crippen molar-refractivity contribution in [2.24, 2.45) is 0 Å². The summed E-state index contributed by atoms with van der Waals surface area (Å²) in [6.07, 6.45) is -0.0437. The lowest BCUT2D eigenvalue weighted by atomic mass is 10.0. The molecule has 3 aromatic rings. The highest BCUT2D eigenvalue weighted by Gasteiger charge is 2.19. The van der Waals surface area contributed by atoms with Crippen LogP contribution in [-0.2, 0) is 0 Å². The topological polar surface area (TPSA) is 88.2 Å². The van der Waals surface area contributed by atoms with Crippen LogP contribution in [0.15, 0.2) is 34.9 Å². The molecule has 25 heavy (non-hydrogen) atoms. The molecule has 0 spiro atoms. The van der Waals surface area contributed by atoms with Gasteiger partial charge in [0.05, 0.1) is 28.4 Å². The largest absolute Gasteiger partial charge is 0.393 e. The van der Waals surface area contributed by atoms with Gasteiger partial charge in [-0.2, -0.15) is 0 Å². The molecule has 0 saturated heterocycles. The molecule has 2 N–H and O–H groups in total.